The van der Waals surface area contributed by atoms with Crippen molar-refractivity contribution in [2.24, 2.45) is 0 Å². The first-order valence-corrected chi connectivity index (χ1v) is 5.39. The minimum absolute atomic E-state index is 0. The molecule has 0 amide bonds. The molecule has 0 spiro atoms. The van der Waals surface area contributed by atoms with E-state index in [2.05, 4.69) is 37.6 Å². The molecular formula is C12H21LiN2O. The largest absolute Gasteiger partial charge is 1.00 e. The second kappa shape index (κ2) is 7.08. The van der Waals surface area contributed by atoms with Gasteiger partial charge in [0.05, 0.1) is 0 Å². The Labute approximate surface area is 112 Å². The number of rotatable bonds is 4. The molecule has 1 N–H and O–H groups in total. The smallest absolute Gasteiger partial charge is 1.00 e. The van der Waals surface area contributed by atoms with Crippen molar-refractivity contribution in [3.63, 3.8) is 0 Å². The molecule has 1 aromatic heterocycles. The van der Waals surface area contributed by atoms with Gasteiger partial charge in [0.25, 0.3) is 0 Å². The van der Waals surface area contributed by atoms with Crippen LogP contribution in [0, 0.1) is 0 Å². The molecular weight excluding hydrogens is 195 g/mol. The zero-order valence-corrected chi connectivity index (χ0v) is 10.9. The monoisotopic (exact) mass is 216 g/mol. The molecule has 0 fully saturated rings. The standard InChI is InChI=1S/C12H20N2O.Li.H/c1-9(2)14(10(3)4)12(15)11-5-7-13-8-6-11;;/h5-10,12,15H,1-4H3;;/q;+1;-1. The molecule has 1 rings (SSSR count). The zero-order chi connectivity index (χ0) is 11.4. The van der Waals surface area contributed by atoms with Crippen molar-refractivity contribution in [2.45, 2.75) is 46.0 Å². The van der Waals surface area contributed by atoms with Gasteiger partial charge in [0.2, 0.25) is 0 Å². The van der Waals surface area contributed by atoms with Crippen molar-refractivity contribution in [3.8, 4) is 0 Å². The van der Waals surface area contributed by atoms with Crippen LogP contribution < -0.4 is 18.9 Å². The van der Waals surface area contributed by atoms with E-state index in [1.807, 2.05) is 12.1 Å². The number of aliphatic hydroxyl groups excluding tert-OH is 1. The number of pyridine rings is 1. The summed E-state index contributed by atoms with van der Waals surface area (Å²) in [6, 6.07) is 4.33. The maximum Gasteiger partial charge on any atom is 1.00 e. The molecule has 4 heteroatoms. The number of nitrogens with zero attached hydrogens (tertiary/aromatic N) is 2. The Morgan fingerprint density at radius 3 is 1.94 bits per heavy atom. The molecule has 0 aliphatic heterocycles. The Bertz CT molecular complexity index is 288. The van der Waals surface area contributed by atoms with Gasteiger partial charge in [-0.25, -0.2) is 0 Å². The van der Waals surface area contributed by atoms with Crippen molar-refractivity contribution >= 4 is 0 Å². The van der Waals surface area contributed by atoms with E-state index >= 15 is 0 Å². The molecule has 86 valence electrons. The van der Waals surface area contributed by atoms with Crippen molar-refractivity contribution in [2.75, 3.05) is 0 Å². The van der Waals surface area contributed by atoms with Crippen molar-refractivity contribution in [3.05, 3.63) is 30.1 Å². The van der Waals surface area contributed by atoms with Gasteiger partial charge in [-0.1, -0.05) is 0 Å². The van der Waals surface area contributed by atoms with Crippen LogP contribution in [0.2, 0.25) is 0 Å². The summed E-state index contributed by atoms with van der Waals surface area (Å²) >= 11 is 0. The number of hydrogen-bond donors (Lipinski definition) is 1. The van der Waals surface area contributed by atoms with Crippen molar-refractivity contribution < 1.29 is 25.4 Å². The first-order valence-electron chi connectivity index (χ1n) is 5.39. The Morgan fingerprint density at radius 1 is 1.12 bits per heavy atom. The van der Waals surface area contributed by atoms with Crippen LogP contribution in [0.15, 0.2) is 24.5 Å². The molecule has 0 saturated heterocycles. The summed E-state index contributed by atoms with van der Waals surface area (Å²) in [4.78, 5) is 6.01. The molecule has 1 aromatic rings. The average Bonchev–Trinajstić information content (AvgIpc) is 2.18. The topological polar surface area (TPSA) is 36.4 Å². The first kappa shape index (κ1) is 15.7. The normalized spacial score (nSPS) is 13.0. The van der Waals surface area contributed by atoms with Gasteiger partial charge in [0.15, 0.2) is 0 Å². The van der Waals surface area contributed by atoms with Gasteiger partial charge in [-0.3, -0.25) is 9.88 Å². The van der Waals surface area contributed by atoms with E-state index < -0.39 is 6.23 Å². The van der Waals surface area contributed by atoms with Crippen LogP contribution in [0.3, 0.4) is 0 Å². The third-order valence-corrected chi connectivity index (χ3v) is 2.48. The maximum atomic E-state index is 10.2. The Morgan fingerprint density at radius 2 is 1.56 bits per heavy atom. The van der Waals surface area contributed by atoms with Gasteiger partial charge >= 0.3 is 18.9 Å². The number of hydrogen-bond acceptors (Lipinski definition) is 3. The van der Waals surface area contributed by atoms with Crippen molar-refractivity contribution in [1.29, 1.82) is 0 Å². The van der Waals surface area contributed by atoms with E-state index in [9.17, 15) is 5.11 Å². The Kier molecular flexibility index (Phi) is 6.94. The maximum absolute atomic E-state index is 10.2. The van der Waals surface area contributed by atoms with Gasteiger partial charge in [-0.2, -0.15) is 0 Å². The van der Waals surface area contributed by atoms with E-state index in [-0.39, 0.29) is 20.3 Å². The van der Waals surface area contributed by atoms with Crippen LogP contribution in [-0.2, 0) is 0 Å². The van der Waals surface area contributed by atoms with Gasteiger partial charge in [0, 0.05) is 24.5 Å². The van der Waals surface area contributed by atoms with Crippen LogP contribution in [-0.4, -0.2) is 27.1 Å². The Balaban J connectivity index is 0. The quantitative estimate of drug-likeness (QED) is 0.534. The zero-order valence-electron chi connectivity index (χ0n) is 11.9. The molecule has 0 radical (unpaired) electrons. The van der Waals surface area contributed by atoms with E-state index in [1.165, 1.54) is 0 Å². The molecule has 0 aliphatic carbocycles. The van der Waals surface area contributed by atoms with E-state index in [0.29, 0.717) is 12.1 Å². The van der Waals surface area contributed by atoms with Crippen LogP contribution in [0.25, 0.3) is 0 Å². The second-order valence-electron chi connectivity index (χ2n) is 4.29. The summed E-state index contributed by atoms with van der Waals surface area (Å²) in [5, 5.41) is 10.2. The van der Waals surface area contributed by atoms with Crippen LogP contribution in [0.4, 0.5) is 0 Å². The fourth-order valence-corrected chi connectivity index (χ4v) is 1.87. The minimum Gasteiger partial charge on any atom is -1.00 e. The predicted octanol–water partition coefficient (Wildman–Crippen LogP) is -0.692. The SMILES string of the molecule is CC(C)N(C(C)C)C(O)c1ccncc1.[H-].[Li+]. The second-order valence-corrected chi connectivity index (χ2v) is 4.29. The molecule has 0 aromatic carbocycles. The van der Waals surface area contributed by atoms with Crippen LogP contribution in [0.5, 0.6) is 0 Å². The number of aromatic nitrogens is 1. The van der Waals surface area contributed by atoms with Crippen LogP contribution in [0.1, 0.15) is 40.9 Å². The van der Waals surface area contributed by atoms with Crippen molar-refractivity contribution in [1.82, 2.24) is 9.88 Å². The van der Waals surface area contributed by atoms with E-state index in [1.54, 1.807) is 12.4 Å². The third-order valence-electron chi connectivity index (χ3n) is 2.48. The molecule has 16 heavy (non-hydrogen) atoms. The average molecular weight is 216 g/mol. The molecule has 1 unspecified atom stereocenters. The fourth-order valence-electron chi connectivity index (χ4n) is 1.87. The summed E-state index contributed by atoms with van der Waals surface area (Å²) in [7, 11) is 0. The predicted molar refractivity (Wildman–Crippen MR) is 62.4 cm³/mol. The summed E-state index contributed by atoms with van der Waals surface area (Å²) in [5.74, 6) is 0. The molecule has 0 bridgehead atoms. The van der Waals surface area contributed by atoms with Crippen LogP contribution >= 0.6 is 0 Å². The summed E-state index contributed by atoms with van der Waals surface area (Å²) in [6.45, 7) is 8.35. The van der Waals surface area contributed by atoms with E-state index in [0.717, 1.165) is 5.56 Å². The third kappa shape index (κ3) is 3.92. The van der Waals surface area contributed by atoms with Gasteiger partial charge in [-0.15, -0.1) is 0 Å². The van der Waals surface area contributed by atoms with Gasteiger partial charge in [-0.05, 0) is 45.4 Å². The Hall–Kier alpha value is -0.333. The minimum atomic E-state index is -0.548. The van der Waals surface area contributed by atoms with Gasteiger partial charge < -0.3 is 6.53 Å². The molecule has 3 nitrogen and oxygen atoms in total. The number of aliphatic hydroxyl groups is 1. The fraction of sp³-hybridized carbons (Fsp3) is 0.583. The first-order chi connectivity index (χ1) is 7.04. The molecule has 1 atom stereocenters. The summed E-state index contributed by atoms with van der Waals surface area (Å²) in [5.41, 5.74) is 0.896. The summed E-state index contributed by atoms with van der Waals surface area (Å²) < 4.78 is 0. The van der Waals surface area contributed by atoms with E-state index in [4.69, 9.17) is 0 Å². The molecule has 0 aliphatic rings. The van der Waals surface area contributed by atoms with Gasteiger partial charge in [0.1, 0.15) is 6.23 Å². The summed E-state index contributed by atoms with van der Waals surface area (Å²) in [6.07, 6.45) is 2.86. The molecule has 0 saturated carbocycles. The molecule has 1 heterocycles.